The Kier molecular flexibility index (Phi) is 8.60. The van der Waals surface area contributed by atoms with Crippen molar-refractivity contribution in [3.8, 4) is 6.07 Å². The SMILES string of the molecule is CCCCC(CN)NC(=O)c1ccc(C#N)cc1.Cl. The molecular formula is C14H20ClN3O. The van der Waals surface area contributed by atoms with E-state index in [9.17, 15) is 4.79 Å². The second kappa shape index (κ2) is 9.37. The summed E-state index contributed by atoms with van der Waals surface area (Å²) in [4.78, 5) is 11.9. The monoisotopic (exact) mass is 281 g/mol. The van der Waals surface area contributed by atoms with E-state index >= 15 is 0 Å². The molecule has 1 atom stereocenters. The number of carbonyl (C=O) groups excluding carboxylic acids is 1. The van der Waals surface area contributed by atoms with E-state index in [-0.39, 0.29) is 24.4 Å². The lowest BCUT2D eigenvalue weighted by Crippen LogP contribution is -2.40. The molecule has 0 aliphatic rings. The Bertz CT molecular complexity index is 425. The first-order chi connectivity index (χ1) is 8.71. The molecule has 0 bridgehead atoms. The van der Waals surface area contributed by atoms with E-state index in [1.54, 1.807) is 24.3 Å². The van der Waals surface area contributed by atoms with Crippen LogP contribution in [0.5, 0.6) is 0 Å². The molecule has 0 radical (unpaired) electrons. The van der Waals surface area contributed by atoms with Crippen molar-refractivity contribution in [1.29, 1.82) is 5.26 Å². The lowest BCUT2D eigenvalue weighted by molar-refractivity contribution is 0.0936. The summed E-state index contributed by atoms with van der Waals surface area (Å²) in [6.07, 6.45) is 3.04. The predicted octanol–water partition coefficient (Wildman–Crippen LogP) is 2.23. The molecule has 1 aromatic rings. The molecule has 3 N–H and O–H groups in total. The first-order valence-electron chi connectivity index (χ1n) is 6.22. The van der Waals surface area contributed by atoms with E-state index in [2.05, 4.69) is 12.2 Å². The molecule has 0 saturated heterocycles. The van der Waals surface area contributed by atoms with Gasteiger partial charge in [0.25, 0.3) is 5.91 Å². The number of benzene rings is 1. The van der Waals surface area contributed by atoms with Crippen molar-refractivity contribution in [1.82, 2.24) is 5.32 Å². The van der Waals surface area contributed by atoms with Crippen molar-refractivity contribution >= 4 is 18.3 Å². The summed E-state index contributed by atoms with van der Waals surface area (Å²) >= 11 is 0. The summed E-state index contributed by atoms with van der Waals surface area (Å²) in [5.41, 5.74) is 6.74. The first-order valence-corrected chi connectivity index (χ1v) is 6.22. The van der Waals surface area contributed by atoms with Gasteiger partial charge in [-0.25, -0.2) is 0 Å². The van der Waals surface area contributed by atoms with Gasteiger partial charge in [-0.15, -0.1) is 12.4 Å². The minimum absolute atomic E-state index is 0. The van der Waals surface area contributed by atoms with Gasteiger partial charge in [0.1, 0.15) is 0 Å². The van der Waals surface area contributed by atoms with Gasteiger partial charge >= 0.3 is 0 Å². The molecule has 0 saturated carbocycles. The minimum atomic E-state index is -0.133. The number of nitrogens with two attached hydrogens (primary N) is 1. The zero-order valence-electron chi connectivity index (χ0n) is 11.1. The number of unbranched alkanes of at least 4 members (excludes halogenated alkanes) is 1. The Hall–Kier alpha value is -1.57. The lowest BCUT2D eigenvalue weighted by Gasteiger charge is -2.16. The van der Waals surface area contributed by atoms with Crippen LogP contribution in [-0.4, -0.2) is 18.5 Å². The Morgan fingerprint density at radius 3 is 2.53 bits per heavy atom. The molecular weight excluding hydrogens is 262 g/mol. The Labute approximate surface area is 120 Å². The van der Waals surface area contributed by atoms with Crippen molar-refractivity contribution in [3.63, 3.8) is 0 Å². The van der Waals surface area contributed by atoms with Crippen LogP contribution in [0.15, 0.2) is 24.3 Å². The third-order valence-electron chi connectivity index (χ3n) is 2.80. The molecule has 0 aromatic heterocycles. The van der Waals surface area contributed by atoms with Crippen molar-refractivity contribution in [2.24, 2.45) is 5.73 Å². The van der Waals surface area contributed by atoms with Crippen LogP contribution in [0.3, 0.4) is 0 Å². The van der Waals surface area contributed by atoms with Crippen molar-refractivity contribution in [2.75, 3.05) is 6.54 Å². The van der Waals surface area contributed by atoms with E-state index in [0.717, 1.165) is 19.3 Å². The number of nitriles is 1. The van der Waals surface area contributed by atoms with Crippen molar-refractivity contribution in [2.45, 2.75) is 32.2 Å². The quantitative estimate of drug-likeness (QED) is 0.839. The smallest absolute Gasteiger partial charge is 0.251 e. The number of carbonyl (C=O) groups is 1. The third-order valence-corrected chi connectivity index (χ3v) is 2.80. The molecule has 5 heteroatoms. The van der Waals surface area contributed by atoms with Crippen LogP contribution in [0, 0.1) is 11.3 Å². The highest BCUT2D eigenvalue weighted by Gasteiger charge is 2.11. The number of hydrogen-bond acceptors (Lipinski definition) is 3. The van der Waals surface area contributed by atoms with Gasteiger partial charge in [-0.2, -0.15) is 5.26 Å². The Balaban J connectivity index is 0.00000324. The molecule has 1 amide bonds. The minimum Gasteiger partial charge on any atom is -0.348 e. The Morgan fingerprint density at radius 2 is 2.05 bits per heavy atom. The van der Waals surface area contributed by atoms with Gasteiger partial charge in [-0.1, -0.05) is 19.8 Å². The average Bonchev–Trinajstić information content (AvgIpc) is 2.43. The molecule has 0 aliphatic heterocycles. The summed E-state index contributed by atoms with van der Waals surface area (Å²) in [5.74, 6) is -0.133. The van der Waals surface area contributed by atoms with E-state index in [1.165, 1.54) is 0 Å². The van der Waals surface area contributed by atoms with Crippen LogP contribution in [-0.2, 0) is 0 Å². The molecule has 4 nitrogen and oxygen atoms in total. The largest absolute Gasteiger partial charge is 0.348 e. The van der Waals surface area contributed by atoms with Crippen LogP contribution in [0.25, 0.3) is 0 Å². The Morgan fingerprint density at radius 1 is 1.42 bits per heavy atom. The maximum atomic E-state index is 11.9. The van der Waals surface area contributed by atoms with E-state index in [4.69, 9.17) is 11.0 Å². The highest BCUT2D eigenvalue weighted by atomic mass is 35.5. The normalized spacial score (nSPS) is 11.0. The summed E-state index contributed by atoms with van der Waals surface area (Å²) in [7, 11) is 0. The van der Waals surface area contributed by atoms with Gasteiger partial charge < -0.3 is 11.1 Å². The lowest BCUT2D eigenvalue weighted by atomic mass is 10.1. The highest BCUT2D eigenvalue weighted by Crippen LogP contribution is 2.05. The highest BCUT2D eigenvalue weighted by molar-refractivity contribution is 5.94. The summed E-state index contributed by atoms with van der Waals surface area (Å²) in [6, 6.07) is 8.63. The molecule has 19 heavy (non-hydrogen) atoms. The number of hydrogen-bond donors (Lipinski definition) is 2. The molecule has 1 rings (SSSR count). The van der Waals surface area contributed by atoms with Crippen LogP contribution in [0.2, 0.25) is 0 Å². The summed E-state index contributed by atoms with van der Waals surface area (Å²) in [6.45, 7) is 2.55. The zero-order valence-corrected chi connectivity index (χ0v) is 11.9. The second-order valence-corrected chi connectivity index (χ2v) is 4.24. The molecule has 104 valence electrons. The molecule has 0 fully saturated rings. The number of nitrogens with zero attached hydrogens (tertiary/aromatic N) is 1. The van der Waals surface area contributed by atoms with Crippen LogP contribution < -0.4 is 11.1 Å². The second-order valence-electron chi connectivity index (χ2n) is 4.24. The third kappa shape index (κ3) is 5.73. The summed E-state index contributed by atoms with van der Waals surface area (Å²) in [5, 5.41) is 11.6. The van der Waals surface area contributed by atoms with Crippen LogP contribution >= 0.6 is 12.4 Å². The fraction of sp³-hybridized carbons (Fsp3) is 0.429. The summed E-state index contributed by atoms with van der Waals surface area (Å²) < 4.78 is 0. The van der Waals surface area contributed by atoms with Crippen molar-refractivity contribution in [3.05, 3.63) is 35.4 Å². The van der Waals surface area contributed by atoms with Gasteiger partial charge in [-0.05, 0) is 30.7 Å². The number of amides is 1. The van der Waals surface area contributed by atoms with Gasteiger partial charge in [0.05, 0.1) is 11.6 Å². The van der Waals surface area contributed by atoms with Crippen LogP contribution in [0.1, 0.15) is 42.1 Å². The van der Waals surface area contributed by atoms with E-state index in [0.29, 0.717) is 17.7 Å². The molecule has 1 aromatic carbocycles. The topological polar surface area (TPSA) is 78.9 Å². The van der Waals surface area contributed by atoms with E-state index in [1.807, 2.05) is 6.07 Å². The van der Waals surface area contributed by atoms with Crippen LogP contribution in [0.4, 0.5) is 0 Å². The number of halogens is 1. The molecule has 0 aliphatic carbocycles. The fourth-order valence-electron chi connectivity index (χ4n) is 1.66. The molecule has 0 heterocycles. The van der Waals surface area contributed by atoms with Gasteiger partial charge in [0.2, 0.25) is 0 Å². The maximum absolute atomic E-state index is 11.9. The number of nitrogens with one attached hydrogen (secondary N) is 1. The first kappa shape index (κ1) is 17.4. The van der Waals surface area contributed by atoms with E-state index < -0.39 is 0 Å². The molecule has 0 spiro atoms. The standard InChI is InChI=1S/C14H19N3O.ClH/c1-2-3-4-13(10-16)17-14(18)12-7-5-11(9-15)6-8-12;/h5-8,13H,2-4,10,16H2,1H3,(H,17,18);1H. The number of rotatable bonds is 6. The predicted molar refractivity (Wildman–Crippen MR) is 78.2 cm³/mol. The van der Waals surface area contributed by atoms with Crippen molar-refractivity contribution < 1.29 is 4.79 Å². The van der Waals surface area contributed by atoms with Gasteiger partial charge in [-0.3, -0.25) is 4.79 Å². The molecule has 1 unspecified atom stereocenters. The van der Waals surface area contributed by atoms with Gasteiger partial charge in [0.15, 0.2) is 0 Å². The fourth-order valence-corrected chi connectivity index (χ4v) is 1.66. The zero-order chi connectivity index (χ0) is 13.4. The average molecular weight is 282 g/mol. The maximum Gasteiger partial charge on any atom is 0.251 e. The van der Waals surface area contributed by atoms with Gasteiger partial charge in [0, 0.05) is 18.2 Å².